The van der Waals surface area contributed by atoms with Crippen molar-refractivity contribution >= 4 is 11.6 Å². The number of benzene rings is 1. The van der Waals surface area contributed by atoms with Crippen LogP contribution in [0.4, 0.5) is 14.5 Å². The summed E-state index contributed by atoms with van der Waals surface area (Å²) in [5, 5.41) is 22.3. The second-order valence-corrected chi connectivity index (χ2v) is 8.79. The number of hydrogen-bond donors (Lipinski definition) is 3. The van der Waals surface area contributed by atoms with Crippen molar-refractivity contribution in [2.24, 2.45) is 5.92 Å². The Bertz CT molecular complexity index is 1010. The number of ether oxygens (including phenoxy) is 2. The molecule has 9 heteroatoms. The molecule has 4 atom stereocenters. The summed E-state index contributed by atoms with van der Waals surface area (Å²) < 4.78 is 39.4. The average molecular weight is 450 g/mol. The molecule has 1 aliphatic rings. The highest BCUT2D eigenvalue weighted by Crippen LogP contribution is 2.49. The molecule has 1 aliphatic heterocycles. The van der Waals surface area contributed by atoms with E-state index in [0.29, 0.717) is 11.3 Å². The van der Waals surface area contributed by atoms with Crippen LogP contribution >= 0.6 is 0 Å². The van der Waals surface area contributed by atoms with Gasteiger partial charge in [0.15, 0.2) is 11.6 Å². The standard InChI is InChI=1S/C23H28F2N2O5/c1-12-17(14-6-7-15(24)18(25)19(14)31-5)20(32-22(12,2)3)21(29)27-13-8-9-26-16(10-13)23(4,30)11-28/h6-10,12,17,20,28,30H,11H2,1-5H3,(H,26,27,29)/t12-,17-,20+,23+/m1/s1. The van der Waals surface area contributed by atoms with Gasteiger partial charge in [-0.2, -0.15) is 4.39 Å². The molecular formula is C23H28F2N2O5. The third kappa shape index (κ3) is 4.32. The Kier molecular flexibility index (Phi) is 6.55. The number of nitrogens with zero attached hydrogens (tertiary/aromatic N) is 1. The number of anilines is 1. The number of carbonyl (C=O) groups excluding carboxylic acids is 1. The molecule has 0 saturated carbocycles. The van der Waals surface area contributed by atoms with Gasteiger partial charge in [0.1, 0.15) is 11.7 Å². The van der Waals surface area contributed by atoms with E-state index in [2.05, 4.69) is 10.3 Å². The van der Waals surface area contributed by atoms with Gasteiger partial charge < -0.3 is 25.0 Å². The highest BCUT2D eigenvalue weighted by molar-refractivity contribution is 5.95. The summed E-state index contributed by atoms with van der Waals surface area (Å²) in [6.45, 7) is 6.38. The first-order valence-corrected chi connectivity index (χ1v) is 10.2. The molecule has 7 nitrogen and oxygen atoms in total. The summed E-state index contributed by atoms with van der Waals surface area (Å²) in [6, 6.07) is 5.40. The van der Waals surface area contributed by atoms with Crippen LogP contribution in [0.2, 0.25) is 0 Å². The lowest BCUT2D eigenvalue weighted by Gasteiger charge is -2.26. The molecule has 0 bridgehead atoms. The van der Waals surface area contributed by atoms with E-state index in [1.165, 1.54) is 38.4 Å². The Morgan fingerprint density at radius 3 is 2.66 bits per heavy atom. The van der Waals surface area contributed by atoms with Crippen molar-refractivity contribution in [3.8, 4) is 5.75 Å². The molecule has 1 fully saturated rings. The van der Waals surface area contributed by atoms with Crippen LogP contribution in [0.5, 0.6) is 5.75 Å². The van der Waals surface area contributed by atoms with E-state index < -0.39 is 47.4 Å². The summed E-state index contributed by atoms with van der Waals surface area (Å²) >= 11 is 0. The van der Waals surface area contributed by atoms with Gasteiger partial charge in [0.2, 0.25) is 5.82 Å². The fourth-order valence-electron chi connectivity index (χ4n) is 3.97. The van der Waals surface area contributed by atoms with Crippen LogP contribution in [0.15, 0.2) is 30.5 Å². The molecule has 1 aromatic heterocycles. The molecule has 2 heterocycles. The minimum absolute atomic E-state index is 0.178. The summed E-state index contributed by atoms with van der Waals surface area (Å²) in [6.07, 6.45) is 0.376. The summed E-state index contributed by atoms with van der Waals surface area (Å²) in [5.74, 6) is -3.77. The van der Waals surface area contributed by atoms with E-state index in [0.717, 1.165) is 6.07 Å². The maximum atomic E-state index is 14.4. The second kappa shape index (κ2) is 8.73. The van der Waals surface area contributed by atoms with E-state index in [4.69, 9.17) is 9.47 Å². The van der Waals surface area contributed by atoms with Crippen molar-refractivity contribution in [1.29, 1.82) is 0 Å². The number of hydrogen-bond acceptors (Lipinski definition) is 6. The first kappa shape index (κ1) is 24.0. The number of pyridine rings is 1. The van der Waals surface area contributed by atoms with E-state index >= 15 is 0 Å². The molecule has 0 radical (unpaired) electrons. The van der Waals surface area contributed by atoms with Crippen LogP contribution < -0.4 is 10.1 Å². The van der Waals surface area contributed by atoms with Crippen molar-refractivity contribution in [2.45, 2.75) is 50.9 Å². The third-order valence-corrected chi connectivity index (χ3v) is 6.18. The third-order valence-electron chi connectivity index (χ3n) is 6.18. The number of carbonyl (C=O) groups is 1. The zero-order chi connectivity index (χ0) is 23.8. The number of rotatable bonds is 6. The topological polar surface area (TPSA) is 101 Å². The number of methoxy groups -OCH3 is 1. The van der Waals surface area contributed by atoms with Crippen molar-refractivity contribution in [3.05, 3.63) is 53.4 Å². The zero-order valence-electron chi connectivity index (χ0n) is 18.6. The number of nitrogens with one attached hydrogen (secondary N) is 1. The number of aliphatic hydroxyl groups is 2. The van der Waals surface area contributed by atoms with Crippen molar-refractivity contribution in [3.63, 3.8) is 0 Å². The average Bonchev–Trinajstić information content (AvgIpc) is 2.99. The van der Waals surface area contributed by atoms with Crippen molar-refractivity contribution in [1.82, 2.24) is 4.98 Å². The SMILES string of the molecule is COc1c([C@@H]2[C@@H](C(=O)Nc3ccnc([C@@](C)(O)CO)c3)OC(C)(C)[C@@H]2C)ccc(F)c1F. The highest BCUT2D eigenvalue weighted by atomic mass is 19.2. The number of aromatic nitrogens is 1. The number of halogens is 2. The van der Waals surface area contributed by atoms with Crippen LogP contribution in [0.1, 0.15) is 44.9 Å². The predicted octanol–water partition coefficient (Wildman–Crippen LogP) is 3.10. The highest BCUT2D eigenvalue weighted by Gasteiger charge is 2.51. The smallest absolute Gasteiger partial charge is 0.254 e. The van der Waals surface area contributed by atoms with Gasteiger partial charge in [0, 0.05) is 23.4 Å². The minimum atomic E-state index is -1.58. The Morgan fingerprint density at radius 2 is 2.03 bits per heavy atom. The summed E-state index contributed by atoms with van der Waals surface area (Å²) in [5.41, 5.74) is -1.46. The van der Waals surface area contributed by atoms with Crippen LogP contribution in [0.25, 0.3) is 0 Å². The molecule has 0 aliphatic carbocycles. The summed E-state index contributed by atoms with van der Waals surface area (Å²) in [4.78, 5) is 17.3. The largest absolute Gasteiger partial charge is 0.493 e. The molecule has 2 aromatic rings. The van der Waals surface area contributed by atoms with Crippen LogP contribution in [0.3, 0.4) is 0 Å². The molecule has 3 N–H and O–H groups in total. The van der Waals surface area contributed by atoms with Gasteiger partial charge in [-0.05, 0) is 44.9 Å². The molecule has 0 spiro atoms. The van der Waals surface area contributed by atoms with E-state index in [-0.39, 0.29) is 17.4 Å². The molecule has 1 aromatic carbocycles. The van der Waals surface area contributed by atoms with Crippen LogP contribution in [-0.4, -0.2) is 46.5 Å². The first-order valence-electron chi connectivity index (χ1n) is 10.2. The Balaban J connectivity index is 1.97. The second-order valence-electron chi connectivity index (χ2n) is 8.79. The molecular weight excluding hydrogens is 422 g/mol. The Hall–Kier alpha value is -2.62. The molecule has 174 valence electrons. The normalized spacial score (nSPS) is 24.1. The van der Waals surface area contributed by atoms with E-state index in [1.54, 1.807) is 0 Å². The Morgan fingerprint density at radius 1 is 1.34 bits per heavy atom. The van der Waals surface area contributed by atoms with E-state index in [9.17, 15) is 23.8 Å². The maximum Gasteiger partial charge on any atom is 0.254 e. The number of aliphatic hydroxyl groups excluding tert-OH is 1. The fraction of sp³-hybridized carbons (Fsp3) is 0.478. The van der Waals surface area contributed by atoms with Crippen LogP contribution in [-0.2, 0) is 15.1 Å². The van der Waals surface area contributed by atoms with Crippen molar-refractivity contribution < 1.29 is 33.3 Å². The van der Waals surface area contributed by atoms with Crippen molar-refractivity contribution in [2.75, 3.05) is 19.0 Å². The maximum absolute atomic E-state index is 14.4. The van der Waals surface area contributed by atoms with Gasteiger partial charge in [-0.25, -0.2) is 4.39 Å². The van der Waals surface area contributed by atoms with Gasteiger partial charge in [0.25, 0.3) is 5.91 Å². The molecule has 0 unspecified atom stereocenters. The number of amides is 1. The fourth-order valence-corrected chi connectivity index (χ4v) is 3.97. The van der Waals surface area contributed by atoms with Crippen LogP contribution in [0, 0.1) is 17.6 Å². The lowest BCUT2D eigenvalue weighted by atomic mass is 9.78. The lowest BCUT2D eigenvalue weighted by molar-refractivity contribution is -0.131. The quantitative estimate of drug-likeness (QED) is 0.625. The molecule has 32 heavy (non-hydrogen) atoms. The molecule has 1 amide bonds. The van der Waals surface area contributed by atoms with Gasteiger partial charge >= 0.3 is 0 Å². The zero-order valence-corrected chi connectivity index (χ0v) is 18.6. The van der Waals surface area contributed by atoms with E-state index in [1.807, 2.05) is 20.8 Å². The van der Waals surface area contributed by atoms with Gasteiger partial charge in [-0.1, -0.05) is 13.0 Å². The summed E-state index contributed by atoms with van der Waals surface area (Å²) in [7, 11) is 1.24. The monoisotopic (exact) mass is 450 g/mol. The predicted molar refractivity (Wildman–Crippen MR) is 113 cm³/mol. The lowest BCUT2D eigenvalue weighted by Crippen LogP contribution is -2.33. The molecule has 3 rings (SSSR count). The minimum Gasteiger partial charge on any atom is -0.493 e. The van der Waals surface area contributed by atoms with Gasteiger partial charge in [-0.15, -0.1) is 0 Å². The molecule has 1 saturated heterocycles. The Labute approximate surface area is 185 Å². The first-order chi connectivity index (χ1) is 14.9. The van der Waals surface area contributed by atoms with Gasteiger partial charge in [0.05, 0.1) is 25.0 Å². The van der Waals surface area contributed by atoms with Gasteiger partial charge in [-0.3, -0.25) is 9.78 Å².